The molecule has 3 fully saturated rings. The number of allylic oxidation sites excluding steroid dienone is 2. The van der Waals surface area contributed by atoms with Gasteiger partial charge in [-0.15, -0.1) is 0 Å². The Morgan fingerprint density at radius 1 is 1.04 bits per heavy atom. The van der Waals surface area contributed by atoms with Crippen molar-refractivity contribution in [1.82, 2.24) is 4.90 Å². The molecule has 2 saturated carbocycles. The molecule has 4 aliphatic carbocycles. The van der Waals surface area contributed by atoms with Crippen molar-refractivity contribution in [3.63, 3.8) is 0 Å². The van der Waals surface area contributed by atoms with Gasteiger partial charge >= 0.3 is 0 Å². The van der Waals surface area contributed by atoms with E-state index < -0.39 is 0 Å². The highest BCUT2D eigenvalue weighted by atomic mass is 79.9. The van der Waals surface area contributed by atoms with Crippen molar-refractivity contribution in [2.45, 2.75) is 12.8 Å². The van der Waals surface area contributed by atoms with Crippen LogP contribution in [0.2, 0.25) is 0 Å². The Morgan fingerprint density at radius 2 is 1.62 bits per heavy atom. The number of imide groups is 1. The highest BCUT2D eigenvalue weighted by Gasteiger charge is 2.66. The van der Waals surface area contributed by atoms with Crippen molar-refractivity contribution in [3.05, 3.63) is 40.9 Å². The summed E-state index contributed by atoms with van der Waals surface area (Å²) in [5, 5.41) is 2.81. The van der Waals surface area contributed by atoms with Crippen LogP contribution in [0.15, 0.2) is 40.9 Å². The smallest absolute Gasteiger partial charge is 0.233 e. The summed E-state index contributed by atoms with van der Waals surface area (Å²) in [6.07, 6.45) is 5.61. The molecular weight excluding hydrogens is 396 g/mol. The monoisotopic (exact) mass is 414 g/mol. The lowest BCUT2D eigenvalue weighted by atomic mass is 9.63. The minimum Gasteiger partial charge on any atom is -0.326 e. The van der Waals surface area contributed by atoms with Crippen molar-refractivity contribution in [3.8, 4) is 0 Å². The molecule has 0 aromatic heterocycles. The fraction of sp³-hybridized carbons (Fsp3) is 0.450. The molecule has 0 unspecified atom stereocenters. The van der Waals surface area contributed by atoms with Gasteiger partial charge in [-0.25, -0.2) is 0 Å². The van der Waals surface area contributed by atoms with Gasteiger partial charge < -0.3 is 5.32 Å². The SMILES string of the molecule is O=C(CCN1C(=O)[C@@H]2[C@H]3C=C[C@@H]([C@@H]4C[C@H]34)[C@@H]2C1=O)Nc1ccc(Br)cc1. The molecule has 1 aromatic carbocycles. The topological polar surface area (TPSA) is 66.5 Å². The van der Waals surface area contributed by atoms with Crippen LogP contribution in [-0.4, -0.2) is 29.2 Å². The molecule has 1 saturated heterocycles. The van der Waals surface area contributed by atoms with Crippen molar-refractivity contribution >= 4 is 39.3 Å². The number of hydrogen-bond donors (Lipinski definition) is 1. The molecule has 1 aromatic rings. The molecular formula is C20H19BrN2O3. The van der Waals surface area contributed by atoms with Crippen LogP contribution in [0.25, 0.3) is 0 Å². The summed E-state index contributed by atoms with van der Waals surface area (Å²) >= 11 is 3.35. The van der Waals surface area contributed by atoms with Gasteiger partial charge in [0.15, 0.2) is 0 Å². The Balaban J connectivity index is 1.24. The zero-order chi connectivity index (χ0) is 18.0. The van der Waals surface area contributed by atoms with E-state index in [1.54, 1.807) is 12.1 Å². The van der Waals surface area contributed by atoms with E-state index in [1.807, 2.05) is 12.1 Å². The van der Waals surface area contributed by atoms with E-state index in [9.17, 15) is 14.4 Å². The highest BCUT2D eigenvalue weighted by molar-refractivity contribution is 9.10. The van der Waals surface area contributed by atoms with Crippen LogP contribution in [0.4, 0.5) is 5.69 Å². The fourth-order valence-corrected chi connectivity index (χ4v) is 5.47. The Hall–Kier alpha value is -1.95. The number of hydrogen-bond acceptors (Lipinski definition) is 3. The molecule has 1 heterocycles. The maximum atomic E-state index is 12.8. The first-order valence-corrected chi connectivity index (χ1v) is 9.93. The van der Waals surface area contributed by atoms with Gasteiger partial charge in [0.05, 0.1) is 11.8 Å². The van der Waals surface area contributed by atoms with Gasteiger partial charge in [0, 0.05) is 23.1 Å². The largest absolute Gasteiger partial charge is 0.326 e. The molecule has 134 valence electrons. The molecule has 6 rings (SSSR count). The van der Waals surface area contributed by atoms with E-state index in [-0.39, 0.29) is 54.4 Å². The average Bonchev–Trinajstić information content (AvgIpc) is 3.41. The highest BCUT2D eigenvalue weighted by Crippen LogP contribution is 2.65. The van der Waals surface area contributed by atoms with E-state index in [1.165, 1.54) is 4.90 Å². The van der Waals surface area contributed by atoms with Crippen LogP contribution in [0.5, 0.6) is 0 Å². The average molecular weight is 415 g/mol. The van der Waals surface area contributed by atoms with Gasteiger partial charge in [0.1, 0.15) is 0 Å². The third kappa shape index (κ3) is 2.38. The van der Waals surface area contributed by atoms with E-state index >= 15 is 0 Å². The number of nitrogens with one attached hydrogen (secondary N) is 1. The maximum Gasteiger partial charge on any atom is 0.233 e. The summed E-state index contributed by atoms with van der Waals surface area (Å²) in [4.78, 5) is 39.2. The van der Waals surface area contributed by atoms with Gasteiger partial charge in [-0.05, 0) is 54.4 Å². The Kier molecular flexibility index (Phi) is 3.61. The maximum absolute atomic E-state index is 12.8. The third-order valence-corrected chi connectivity index (χ3v) is 6.97. The number of likely N-dealkylation sites (tertiary alicyclic amines) is 1. The van der Waals surface area contributed by atoms with Gasteiger partial charge in [-0.3, -0.25) is 19.3 Å². The second-order valence-electron chi connectivity index (χ2n) is 7.79. The number of anilines is 1. The standard InChI is InChI=1S/C20H19BrN2O3/c21-10-1-3-11(4-2-10)22-16(24)7-8-23-19(25)17-12-5-6-13(15-9-14(12)15)18(17)20(23)26/h1-6,12-15,17-18H,7-9H2,(H,22,24)/t12-,13-,14-,15+,17-,18+/m0/s1. The number of carbonyl (C=O) groups excluding carboxylic acids is 3. The number of benzene rings is 1. The summed E-state index contributed by atoms with van der Waals surface area (Å²) in [5.41, 5.74) is 0.702. The van der Waals surface area contributed by atoms with Crippen LogP contribution >= 0.6 is 15.9 Å². The fourth-order valence-electron chi connectivity index (χ4n) is 5.21. The minimum absolute atomic E-state index is 0.0684. The zero-order valence-corrected chi connectivity index (χ0v) is 15.7. The first-order valence-electron chi connectivity index (χ1n) is 9.13. The normalized spacial score (nSPS) is 36.1. The Morgan fingerprint density at radius 3 is 2.19 bits per heavy atom. The van der Waals surface area contributed by atoms with Gasteiger partial charge in [-0.1, -0.05) is 28.1 Å². The molecule has 3 amide bonds. The quantitative estimate of drug-likeness (QED) is 0.608. The van der Waals surface area contributed by atoms with Crippen molar-refractivity contribution in [2.75, 3.05) is 11.9 Å². The zero-order valence-electron chi connectivity index (χ0n) is 14.1. The first-order chi connectivity index (χ1) is 12.5. The van der Waals surface area contributed by atoms with E-state index in [4.69, 9.17) is 0 Å². The lowest BCUT2D eigenvalue weighted by Gasteiger charge is -2.37. The summed E-state index contributed by atoms with van der Waals surface area (Å²) in [6.45, 7) is 0.168. The molecule has 6 heteroatoms. The molecule has 2 bridgehead atoms. The predicted octanol–water partition coefficient (Wildman–Crippen LogP) is 2.83. The van der Waals surface area contributed by atoms with Gasteiger partial charge in [0.25, 0.3) is 0 Å². The number of amides is 3. The van der Waals surface area contributed by atoms with Gasteiger partial charge in [-0.2, -0.15) is 0 Å². The van der Waals surface area contributed by atoms with Crippen LogP contribution in [-0.2, 0) is 14.4 Å². The van der Waals surface area contributed by atoms with Crippen LogP contribution < -0.4 is 5.32 Å². The number of rotatable bonds is 4. The summed E-state index contributed by atoms with van der Waals surface area (Å²) in [5.74, 6) is 0.967. The summed E-state index contributed by atoms with van der Waals surface area (Å²) < 4.78 is 0.938. The predicted molar refractivity (Wildman–Crippen MR) is 98.8 cm³/mol. The van der Waals surface area contributed by atoms with E-state index in [0.29, 0.717) is 17.5 Å². The Bertz CT molecular complexity index is 798. The van der Waals surface area contributed by atoms with E-state index in [2.05, 4.69) is 33.4 Å². The summed E-state index contributed by atoms with van der Waals surface area (Å²) in [7, 11) is 0. The first kappa shape index (κ1) is 16.2. The molecule has 0 spiro atoms. The molecule has 5 nitrogen and oxygen atoms in total. The Labute approximate surface area is 159 Å². The lowest BCUT2D eigenvalue weighted by Crippen LogP contribution is -2.40. The third-order valence-electron chi connectivity index (χ3n) is 6.44. The molecule has 5 aliphatic rings. The summed E-state index contributed by atoms with van der Waals surface area (Å²) in [6, 6.07) is 7.31. The molecule has 0 radical (unpaired) electrons. The van der Waals surface area contributed by atoms with E-state index in [0.717, 1.165) is 10.9 Å². The van der Waals surface area contributed by atoms with Crippen molar-refractivity contribution in [2.24, 2.45) is 35.5 Å². The number of nitrogens with zero attached hydrogens (tertiary/aromatic N) is 1. The lowest BCUT2D eigenvalue weighted by molar-refractivity contribution is -0.140. The van der Waals surface area contributed by atoms with Crippen LogP contribution in [0.1, 0.15) is 12.8 Å². The van der Waals surface area contributed by atoms with Crippen molar-refractivity contribution in [1.29, 1.82) is 0 Å². The van der Waals surface area contributed by atoms with Gasteiger partial charge in [0.2, 0.25) is 17.7 Å². The minimum atomic E-state index is -0.188. The second kappa shape index (κ2) is 5.78. The number of carbonyl (C=O) groups is 3. The van der Waals surface area contributed by atoms with Crippen molar-refractivity contribution < 1.29 is 14.4 Å². The molecule has 1 aliphatic heterocycles. The van der Waals surface area contributed by atoms with Crippen LogP contribution in [0.3, 0.4) is 0 Å². The molecule has 26 heavy (non-hydrogen) atoms. The molecule has 1 N–H and O–H groups in total. The second-order valence-corrected chi connectivity index (χ2v) is 8.70. The molecule has 6 atom stereocenters. The number of halogens is 1. The van der Waals surface area contributed by atoms with Crippen LogP contribution in [0, 0.1) is 35.5 Å².